The van der Waals surface area contributed by atoms with Crippen LogP contribution in [0.3, 0.4) is 0 Å². The van der Waals surface area contributed by atoms with Gasteiger partial charge in [-0.2, -0.15) is 5.10 Å². The molecular formula is C26H42N8O3. The SMILES string of the molecule is Cc1nn(CCCN2CCOCC2)cc1\N=C/C(=C(\N=C\N)NCCCN1CCOCCC1=O)C1CC1. The Morgan fingerprint density at radius 1 is 1.14 bits per heavy atom. The van der Waals surface area contributed by atoms with Crippen molar-refractivity contribution in [3.05, 3.63) is 23.3 Å². The van der Waals surface area contributed by atoms with Gasteiger partial charge in [-0.3, -0.25) is 19.4 Å². The van der Waals surface area contributed by atoms with Crippen LogP contribution in [-0.4, -0.2) is 104 Å². The summed E-state index contributed by atoms with van der Waals surface area (Å²) in [5.74, 6) is 1.36. The lowest BCUT2D eigenvalue weighted by molar-refractivity contribution is -0.130. The standard InChI is InChI=1S/C26H42N8O3/c1-21-24(19-34(31-21)10-3-8-32-11-15-37-16-12-32)29-18-23(22-4-5-22)26(30-20-27)28-7-2-9-33-13-17-36-14-6-25(33)35/h18-20,22,28H,2-17H2,1H3,(H2,27,30)/b26-23+,29-18-. The second-order valence-electron chi connectivity index (χ2n) is 9.81. The number of nitrogens with zero attached hydrogens (tertiary/aromatic N) is 6. The third-order valence-corrected chi connectivity index (χ3v) is 6.94. The van der Waals surface area contributed by atoms with Gasteiger partial charge >= 0.3 is 0 Å². The first kappa shape index (κ1) is 27.3. The fourth-order valence-electron chi connectivity index (χ4n) is 4.65. The average molecular weight is 515 g/mol. The molecule has 1 aromatic heterocycles. The minimum absolute atomic E-state index is 0.163. The van der Waals surface area contributed by atoms with Crippen LogP contribution >= 0.6 is 0 Å². The Kier molecular flexibility index (Phi) is 10.5. The molecule has 4 rings (SSSR count). The molecule has 0 unspecified atom stereocenters. The van der Waals surface area contributed by atoms with Crippen molar-refractivity contribution in [2.45, 2.75) is 45.6 Å². The topological polar surface area (TPSA) is 123 Å². The molecule has 0 bridgehead atoms. The number of amides is 1. The summed E-state index contributed by atoms with van der Waals surface area (Å²) in [5.41, 5.74) is 8.54. The van der Waals surface area contributed by atoms with Gasteiger partial charge in [0.15, 0.2) is 0 Å². The number of aryl methyl sites for hydroxylation is 2. The Balaban J connectivity index is 1.32. The van der Waals surface area contributed by atoms with E-state index >= 15 is 0 Å². The summed E-state index contributed by atoms with van der Waals surface area (Å²) >= 11 is 0. The number of nitrogens with two attached hydrogens (primary N) is 1. The summed E-state index contributed by atoms with van der Waals surface area (Å²) in [6.45, 7) is 10.8. The zero-order chi connectivity index (χ0) is 25.9. The Bertz CT molecular complexity index is 963. The van der Waals surface area contributed by atoms with Crippen LogP contribution in [0.4, 0.5) is 5.69 Å². The van der Waals surface area contributed by atoms with Crippen LogP contribution in [0.5, 0.6) is 0 Å². The van der Waals surface area contributed by atoms with E-state index in [9.17, 15) is 4.79 Å². The number of ether oxygens (including phenoxy) is 2. The largest absolute Gasteiger partial charge is 0.390 e. The highest BCUT2D eigenvalue weighted by Crippen LogP contribution is 2.37. The highest BCUT2D eigenvalue weighted by Gasteiger charge is 2.28. The van der Waals surface area contributed by atoms with Gasteiger partial charge in [0.25, 0.3) is 0 Å². The molecule has 37 heavy (non-hydrogen) atoms. The van der Waals surface area contributed by atoms with E-state index in [1.807, 2.05) is 28.9 Å². The van der Waals surface area contributed by atoms with E-state index in [1.54, 1.807) is 0 Å². The maximum absolute atomic E-state index is 12.2. The number of nitrogens with one attached hydrogen (secondary N) is 1. The molecule has 0 aromatic carbocycles. The molecule has 11 heteroatoms. The van der Waals surface area contributed by atoms with E-state index in [2.05, 4.69) is 20.3 Å². The fourth-order valence-corrected chi connectivity index (χ4v) is 4.65. The van der Waals surface area contributed by atoms with Crippen LogP contribution < -0.4 is 11.1 Å². The molecule has 3 heterocycles. The molecule has 2 aliphatic heterocycles. The van der Waals surface area contributed by atoms with Crippen molar-refractivity contribution < 1.29 is 14.3 Å². The summed E-state index contributed by atoms with van der Waals surface area (Å²) in [6, 6.07) is 0. The van der Waals surface area contributed by atoms with Crippen molar-refractivity contribution in [2.75, 3.05) is 65.7 Å². The van der Waals surface area contributed by atoms with E-state index < -0.39 is 0 Å². The predicted molar refractivity (Wildman–Crippen MR) is 144 cm³/mol. The fraction of sp³-hybridized carbons (Fsp3) is 0.692. The molecule has 3 N–H and O–H groups in total. The molecule has 11 nitrogen and oxygen atoms in total. The van der Waals surface area contributed by atoms with Crippen LogP contribution in [0, 0.1) is 12.8 Å². The highest BCUT2D eigenvalue weighted by molar-refractivity contribution is 5.83. The summed E-state index contributed by atoms with van der Waals surface area (Å²) in [7, 11) is 0. The van der Waals surface area contributed by atoms with E-state index in [0.717, 1.165) is 87.9 Å². The predicted octanol–water partition coefficient (Wildman–Crippen LogP) is 1.45. The monoisotopic (exact) mass is 514 g/mol. The lowest BCUT2D eigenvalue weighted by atomic mass is 10.2. The first-order valence-corrected chi connectivity index (χ1v) is 13.6. The number of aliphatic imine (C=N–C) groups is 2. The van der Waals surface area contributed by atoms with Crippen molar-refractivity contribution in [3.63, 3.8) is 0 Å². The molecule has 0 atom stereocenters. The summed E-state index contributed by atoms with van der Waals surface area (Å²) in [5, 5.41) is 8.10. The van der Waals surface area contributed by atoms with Gasteiger partial charge in [0.1, 0.15) is 11.5 Å². The van der Waals surface area contributed by atoms with Crippen molar-refractivity contribution >= 4 is 24.1 Å². The van der Waals surface area contributed by atoms with E-state index in [1.165, 1.54) is 6.34 Å². The van der Waals surface area contributed by atoms with Gasteiger partial charge in [-0.1, -0.05) is 0 Å². The molecule has 1 saturated carbocycles. The van der Waals surface area contributed by atoms with Gasteiger partial charge in [-0.15, -0.1) is 0 Å². The minimum atomic E-state index is 0.163. The summed E-state index contributed by atoms with van der Waals surface area (Å²) in [4.78, 5) is 25.7. The normalized spacial score (nSPS) is 20.6. The second-order valence-corrected chi connectivity index (χ2v) is 9.81. The van der Waals surface area contributed by atoms with Crippen LogP contribution in [0.15, 0.2) is 27.6 Å². The Morgan fingerprint density at radius 3 is 2.70 bits per heavy atom. The van der Waals surface area contributed by atoms with Gasteiger partial charge < -0.3 is 25.4 Å². The maximum Gasteiger partial charge on any atom is 0.224 e. The Hall–Kier alpha value is -2.76. The zero-order valence-electron chi connectivity index (χ0n) is 22.1. The third-order valence-electron chi connectivity index (χ3n) is 6.94. The molecule has 1 aliphatic carbocycles. The molecule has 0 spiro atoms. The van der Waals surface area contributed by atoms with E-state index in [4.69, 9.17) is 20.2 Å². The van der Waals surface area contributed by atoms with Crippen LogP contribution in [-0.2, 0) is 20.8 Å². The first-order chi connectivity index (χ1) is 18.1. The first-order valence-electron chi connectivity index (χ1n) is 13.6. The third kappa shape index (κ3) is 8.65. The highest BCUT2D eigenvalue weighted by atomic mass is 16.5. The molecule has 1 amide bonds. The second kappa shape index (κ2) is 14.3. The summed E-state index contributed by atoms with van der Waals surface area (Å²) < 4.78 is 12.8. The van der Waals surface area contributed by atoms with Gasteiger partial charge in [0.2, 0.25) is 5.91 Å². The smallest absolute Gasteiger partial charge is 0.224 e. The number of hydrogen-bond acceptors (Lipinski definition) is 8. The van der Waals surface area contributed by atoms with Crippen molar-refractivity contribution in [1.82, 2.24) is 24.9 Å². The minimum Gasteiger partial charge on any atom is -0.390 e. The zero-order valence-corrected chi connectivity index (χ0v) is 22.1. The molecule has 1 aromatic rings. The Morgan fingerprint density at radius 2 is 1.92 bits per heavy atom. The van der Waals surface area contributed by atoms with E-state index in [0.29, 0.717) is 45.2 Å². The lowest BCUT2D eigenvalue weighted by Crippen LogP contribution is -2.37. The summed E-state index contributed by atoms with van der Waals surface area (Å²) in [6.07, 6.45) is 9.84. The number of allylic oxidation sites excluding steroid dienone is 1. The van der Waals surface area contributed by atoms with Gasteiger partial charge in [-0.25, -0.2) is 4.99 Å². The van der Waals surface area contributed by atoms with Crippen LogP contribution in [0.25, 0.3) is 0 Å². The van der Waals surface area contributed by atoms with Crippen molar-refractivity contribution in [2.24, 2.45) is 21.6 Å². The number of aromatic nitrogens is 2. The average Bonchev–Trinajstić information content (AvgIpc) is 3.70. The molecule has 3 fully saturated rings. The van der Waals surface area contributed by atoms with Crippen molar-refractivity contribution in [1.29, 1.82) is 0 Å². The number of rotatable bonds is 13. The van der Waals surface area contributed by atoms with Crippen molar-refractivity contribution in [3.8, 4) is 0 Å². The van der Waals surface area contributed by atoms with Gasteiger partial charge in [-0.05, 0) is 38.5 Å². The number of morpholine rings is 1. The molecular weight excluding hydrogens is 472 g/mol. The van der Waals surface area contributed by atoms with Crippen LogP contribution in [0.1, 0.15) is 37.8 Å². The van der Waals surface area contributed by atoms with E-state index in [-0.39, 0.29) is 5.91 Å². The number of carbonyl (C=O) groups is 1. The number of carbonyl (C=O) groups excluding carboxylic acids is 1. The van der Waals surface area contributed by atoms with Gasteiger partial charge in [0.05, 0.1) is 51.1 Å². The van der Waals surface area contributed by atoms with Gasteiger partial charge in [0, 0.05) is 57.6 Å². The number of hydrogen-bond donors (Lipinski definition) is 2. The maximum atomic E-state index is 12.2. The molecule has 3 aliphatic rings. The van der Waals surface area contributed by atoms with Crippen LogP contribution in [0.2, 0.25) is 0 Å². The quantitative estimate of drug-likeness (QED) is 0.232. The lowest BCUT2D eigenvalue weighted by Gasteiger charge is -2.26. The molecule has 204 valence electrons. The molecule has 2 saturated heterocycles. The molecule has 0 radical (unpaired) electrons. The Labute approximate surface area is 219 Å².